The number of nitrogens with one attached hydrogen (secondary N) is 1. The first-order valence-corrected chi connectivity index (χ1v) is 14.9. The molecule has 45 heavy (non-hydrogen) atoms. The molecule has 244 valence electrons. The fraction of sp³-hybridized carbons (Fsp3) is 0.367. The van der Waals surface area contributed by atoms with E-state index in [0.29, 0.717) is 24.3 Å². The SMILES string of the molecule is CC(=O)NC1CCC(c2ccc(C(OCc3c(F)cccc3F)(C(F)(F)F)C(F)(F)F)cc2)(S(=O)(=O)c2ccc(F)cc2)CC1. The van der Waals surface area contributed by atoms with Gasteiger partial charge in [-0.15, -0.1) is 0 Å². The standard InChI is InChI=1S/C30H26F9NO4S/c1-18(41)40-22-13-15-27(16-14-22,45(42,43)23-11-9-21(31)10-12-23)19-5-7-20(8-6-19)28(29(34,35)36,30(37,38)39)44-17-24-25(32)3-2-4-26(24)33/h2-12,22H,13-17H2,1H3,(H,40,41). The van der Waals surface area contributed by atoms with Crippen molar-refractivity contribution in [2.24, 2.45) is 0 Å². The average molecular weight is 668 g/mol. The molecule has 0 unspecified atom stereocenters. The fourth-order valence-corrected chi connectivity index (χ4v) is 7.83. The molecule has 3 aromatic rings. The lowest BCUT2D eigenvalue weighted by atomic mass is 9.79. The van der Waals surface area contributed by atoms with Crippen LogP contribution in [0.15, 0.2) is 71.6 Å². The summed E-state index contributed by atoms with van der Waals surface area (Å²) in [5.74, 6) is -3.98. The van der Waals surface area contributed by atoms with Gasteiger partial charge in [0.05, 0.1) is 11.5 Å². The van der Waals surface area contributed by atoms with E-state index in [9.17, 15) is 52.7 Å². The number of hydrogen-bond donors (Lipinski definition) is 1. The van der Waals surface area contributed by atoms with Crippen molar-refractivity contribution in [3.8, 4) is 0 Å². The lowest BCUT2D eigenvalue weighted by Gasteiger charge is -2.41. The van der Waals surface area contributed by atoms with E-state index in [0.717, 1.165) is 42.5 Å². The Bertz CT molecular complexity index is 1600. The van der Waals surface area contributed by atoms with Crippen molar-refractivity contribution >= 4 is 15.7 Å². The first-order valence-electron chi connectivity index (χ1n) is 13.4. The number of carbonyl (C=O) groups is 1. The minimum Gasteiger partial charge on any atom is -0.354 e. The third-order valence-electron chi connectivity index (χ3n) is 7.95. The van der Waals surface area contributed by atoms with Gasteiger partial charge >= 0.3 is 12.4 Å². The second kappa shape index (κ2) is 12.3. The summed E-state index contributed by atoms with van der Waals surface area (Å²) < 4.78 is 159. The van der Waals surface area contributed by atoms with Crippen molar-refractivity contribution in [3.63, 3.8) is 0 Å². The topological polar surface area (TPSA) is 72.5 Å². The summed E-state index contributed by atoms with van der Waals surface area (Å²) in [5, 5.41) is 2.66. The van der Waals surface area contributed by atoms with Crippen LogP contribution in [0.25, 0.3) is 0 Å². The number of amides is 1. The van der Waals surface area contributed by atoms with Gasteiger partial charge in [0.15, 0.2) is 9.84 Å². The zero-order valence-electron chi connectivity index (χ0n) is 23.4. The number of hydrogen-bond acceptors (Lipinski definition) is 4. The first-order chi connectivity index (χ1) is 20.9. The molecular weight excluding hydrogens is 641 g/mol. The lowest BCUT2D eigenvalue weighted by molar-refractivity contribution is -0.392. The van der Waals surface area contributed by atoms with Gasteiger partial charge < -0.3 is 10.1 Å². The van der Waals surface area contributed by atoms with Crippen LogP contribution in [0, 0.1) is 17.5 Å². The number of sulfone groups is 1. The maximum Gasteiger partial charge on any atom is 0.430 e. The smallest absolute Gasteiger partial charge is 0.354 e. The minimum atomic E-state index is -6.19. The summed E-state index contributed by atoms with van der Waals surface area (Å²) in [6.07, 6.45) is -12.6. The summed E-state index contributed by atoms with van der Waals surface area (Å²) in [6, 6.07) is 7.90. The Hall–Kier alpha value is -3.59. The zero-order chi connectivity index (χ0) is 33.4. The Morgan fingerprint density at radius 2 is 1.36 bits per heavy atom. The zero-order valence-corrected chi connectivity index (χ0v) is 24.2. The predicted molar refractivity (Wildman–Crippen MR) is 143 cm³/mol. The second-order valence-electron chi connectivity index (χ2n) is 10.7. The molecule has 0 heterocycles. The number of alkyl halides is 6. The molecule has 0 bridgehead atoms. The van der Waals surface area contributed by atoms with Crippen molar-refractivity contribution < 1.29 is 57.5 Å². The number of carbonyl (C=O) groups excluding carboxylic acids is 1. The summed E-state index contributed by atoms with van der Waals surface area (Å²) >= 11 is 0. The molecule has 1 aliphatic carbocycles. The molecule has 3 aromatic carbocycles. The monoisotopic (exact) mass is 667 g/mol. The lowest BCUT2D eigenvalue weighted by Crippen LogP contribution is -2.56. The van der Waals surface area contributed by atoms with Crippen LogP contribution in [0.5, 0.6) is 0 Å². The maximum absolute atomic E-state index is 14.4. The van der Waals surface area contributed by atoms with Crippen molar-refractivity contribution in [3.05, 3.63) is 101 Å². The number of halogens is 9. The molecule has 0 atom stereocenters. The van der Waals surface area contributed by atoms with Crippen LogP contribution < -0.4 is 5.32 Å². The summed E-state index contributed by atoms with van der Waals surface area (Å²) in [4.78, 5) is 11.2. The molecule has 0 aliphatic heterocycles. The highest BCUT2D eigenvalue weighted by atomic mass is 32.2. The molecular formula is C30H26F9NO4S. The molecule has 0 spiro atoms. The van der Waals surface area contributed by atoms with Gasteiger partial charge in [-0.2, -0.15) is 26.3 Å². The van der Waals surface area contributed by atoms with Crippen LogP contribution in [0.1, 0.15) is 49.3 Å². The van der Waals surface area contributed by atoms with Crippen LogP contribution in [-0.4, -0.2) is 32.7 Å². The van der Waals surface area contributed by atoms with Gasteiger partial charge in [0.1, 0.15) is 22.2 Å². The van der Waals surface area contributed by atoms with E-state index in [1.165, 1.54) is 6.92 Å². The molecule has 15 heteroatoms. The Morgan fingerprint density at radius 1 is 0.844 bits per heavy atom. The van der Waals surface area contributed by atoms with Crippen molar-refractivity contribution in [1.29, 1.82) is 0 Å². The van der Waals surface area contributed by atoms with Crippen LogP contribution in [0.4, 0.5) is 39.5 Å². The Morgan fingerprint density at radius 3 is 1.82 bits per heavy atom. The highest BCUT2D eigenvalue weighted by molar-refractivity contribution is 7.92. The van der Waals surface area contributed by atoms with Gasteiger partial charge in [-0.25, -0.2) is 21.6 Å². The molecule has 5 nitrogen and oxygen atoms in total. The molecule has 1 aliphatic rings. The van der Waals surface area contributed by atoms with Crippen LogP contribution in [-0.2, 0) is 36.3 Å². The number of rotatable bonds is 8. The summed E-state index contributed by atoms with van der Waals surface area (Å²) in [7, 11) is -4.44. The molecule has 1 saturated carbocycles. The number of ether oxygens (including phenoxy) is 1. The van der Waals surface area contributed by atoms with E-state index in [1.54, 1.807) is 0 Å². The molecule has 4 rings (SSSR count). The molecule has 0 saturated heterocycles. The van der Waals surface area contributed by atoms with Crippen molar-refractivity contribution in [1.82, 2.24) is 5.32 Å². The van der Waals surface area contributed by atoms with Crippen molar-refractivity contribution in [2.75, 3.05) is 0 Å². The van der Waals surface area contributed by atoms with Crippen LogP contribution in [0.2, 0.25) is 0 Å². The van der Waals surface area contributed by atoms with E-state index < -0.39 is 73.8 Å². The Balaban J connectivity index is 1.83. The van der Waals surface area contributed by atoms with Gasteiger partial charge in [-0.3, -0.25) is 4.79 Å². The molecule has 1 fully saturated rings. The molecule has 0 radical (unpaired) electrons. The molecule has 1 N–H and O–H groups in total. The third-order valence-corrected chi connectivity index (χ3v) is 10.5. The molecule has 0 aromatic heterocycles. The minimum absolute atomic E-state index is 0.0914. The second-order valence-corrected chi connectivity index (χ2v) is 12.9. The van der Waals surface area contributed by atoms with Gasteiger partial charge in [-0.1, -0.05) is 30.3 Å². The van der Waals surface area contributed by atoms with E-state index >= 15 is 0 Å². The van der Waals surface area contributed by atoms with E-state index in [1.807, 2.05) is 0 Å². The quantitative estimate of drug-likeness (QED) is 0.201. The van der Waals surface area contributed by atoms with Gasteiger partial charge in [0.2, 0.25) is 5.91 Å². The highest BCUT2D eigenvalue weighted by Gasteiger charge is 2.73. The number of benzene rings is 3. The largest absolute Gasteiger partial charge is 0.430 e. The van der Waals surface area contributed by atoms with E-state index in [-0.39, 0.29) is 42.0 Å². The highest BCUT2D eigenvalue weighted by Crippen LogP contribution is 2.54. The Kier molecular flexibility index (Phi) is 9.38. The normalized spacial score (nSPS) is 19.7. The van der Waals surface area contributed by atoms with Crippen LogP contribution >= 0.6 is 0 Å². The van der Waals surface area contributed by atoms with Crippen molar-refractivity contribution in [2.45, 2.75) is 72.9 Å². The molecule has 1 amide bonds. The predicted octanol–water partition coefficient (Wildman–Crippen LogP) is 7.39. The Labute approximate surface area is 252 Å². The van der Waals surface area contributed by atoms with Crippen LogP contribution in [0.3, 0.4) is 0 Å². The fourth-order valence-electron chi connectivity index (χ4n) is 5.66. The summed E-state index contributed by atoms with van der Waals surface area (Å²) in [5.41, 5.74) is -7.88. The van der Waals surface area contributed by atoms with Gasteiger partial charge in [-0.05, 0) is 67.6 Å². The van der Waals surface area contributed by atoms with Gasteiger partial charge in [0.25, 0.3) is 5.60 Å². The third kappa shape index (κ3) is 6.28. The van der Waals surface area contributed by atoms with Gasteiger partial charge in [0, 0.05) is 24.1 Å². The maximum atomic E-state index is 14.4. The van der Waals surface area contributed by atoms with E-state index in [4.69, 9.17) is 0 Å². The first kappa shape index (κ1) is 34.3. The summed E-state index contributed by atoms with van der Waals surface area (Å²) in [6.45, 7) is -0.487. The average Bonchev–Trinajstić information content (AvgIpc) is 2.94. The van der Waals surface area contributed by atoms with E-state index in [2.05, 4.69) is 10.1 Å².